The van der Waals surface area contributed by atoms with E-state index in [1.54, 1.807) is 12.1 Å². The number of benzene rings is 2. The Bertz CT molecular complexity index is 1400. The predicted molar refractivity (Wildman–Crippen MR) is 150 cm³/mol. The molecule has 2 aromatic carbocycles. The number of hydrogen-bond acceptors (Lipinski definition) is 6. The first kappa shape index (κ1) is 28.8. The van der Waals surface area contributed by atoms with E-state index in [1.807, 2.05) is 40.5 Å². The van der Waals surface area contributed by atoms with Crippen LogP contribution in [0.1, 0.15) is 84.4 Å². The number of hydrogen-bond donors (Lipinski definition) is 1. The maximum absolute atomic E-state index is 12.6. The summed E-state index contributed by atoms with van der Waals surface area (Å²) in [6.45, 7) is 4.43. The number of aromatic nitrogens is 2. The van der Waals surface area contributed by atoms with Crippen LogP contribution in [0.25, 0.3) is 0 Å². The summed E-state index contributed by atoms with van der Waals surface area (Å²) in [6.07, 6.45) is 5.41. The molecule has 1 N–H and O–H groups in total. The lowest BCUT2D eigenvalue weighted by Gasteiger charge is -2.31. The lowest BCUT2D eigenvalue weighted by atomic mass is 9.81. The van der Waals surface area contributed by atoms with Crippen LogP contribution in [0, 0.1) is 6.92 Å². The molecule has 0 aliphatic heterocycles. The van der Waals surface area contributed by atoms with Gasteiger partial charge in [0.2, 0.25) is 0 Å². The summed E-state index contributed by atoms with van der Waals surface area (Å²) in [5, 5.41) is 0.220. The molecule has 208 valence electrons. The summed E-state index contributed by atoms with van der Waals surface area (Å²) in [5.74, 6) is 0.745. The molecule has 3 aromatic rings. The molecule has 0 saturated heterocycles. The summed E-state index contributed by atoms with van der Waals surface area (Å²) >= 11 is 6.21. The molecule has 1 saturated carbocycles. The van der Waals surface area contributed by atoms with Gasteiger partial charge in [-0.25, -0.2) is 22.9 Å². The van der Waals surface area contributed by atoms with Crippen molar-refractivity contribution in [3.8, 4) is 0 Å². The number of nitrogens with one attached hydrogen (secondary N) is 1. The highest BCUT2D eigenvalue weighted by Gasteiger charge is 2.31. The minimum Gasteiger partial charge on any atom is -0.445 e. The molecule has 2 atom stereocenters. The normalized spacial score (nSPS) is 17.5. The molecule has 0 radical (unpaired) electrons. The van der Waals surface area contributed by atoms with E-state index in [-0.39, 0.29) is 16.0 Å². The van der Waals surface area contributed by atoms with Gasteiger partial charge in [-0.05, 0) is 55.9 Å². The summed E-state index contributed by atoms with van der Waals surface area (Å²) in [7, 11) is -4.02. The number of aldehydes is 1. The van der Waals surface area contributed by atoms with Gasteiger partial charge >= 0.3 is 6.09 Å². The maximum Gasteiger partial charge on any atom is 0.421 e. The fourth-order valence-corrected chi connectivity index (χ4v) is 6.14. The quantitative estimate of drug-likeness (QED) is 0.291. The van der Waals surface area contributed by atoms with Gasteiger partial charge in [-0.2, -0.15) is 0 Å². The molecular weight excluding hydrogens is 538 g/mol. The Morgan fingerprint density at radius 3 is 2.49 bits per heavy atom. The zero-order valence-corrected chi connectivity index (χ0v) is 23.8. The Morgan fingerprint density at radius 1 is 1.13 bits per heavy atom. The molecule has 0 bridgehead atoms. The van der Waals surface area contributed by atoms with E-state index in [0.29, 0.717) is 18.7 Å². The van der Waals surface area contributed by atoms with E-state index < -0.39 is 22.2 Å². The number of nitrogens with zero attached hydrogens (tertiary/aromatic N) is 2. The minimum absolute atomic E-state index is 0.00982. The van der Waals surface area contributed by atoms with E-state index in [2.05, 4.69) is 11.9 Å². The van der Waals surface area contributed by atoms with Crippen LogP contribution >= 0.6 is 11.6 Å². The van der Waals surface area contributed by atoms with Gasteiger partial charge in [0, 0.05) is 18.9 Å². The van der Waals surface area contributed by atoms with Gasteiger partial charge in [-0.3, -0.25) is 4.79 Å². The molecule has 1 aliphatic carbocycles. The highest BCUT2D eigenvalue weighted by Crippen LogP contribution is 2.35. The Labute approximate surface area is 234 Å². The van der Waals surface area contributed by atoms with Crippen molar-refractivity contribution < 1.29 is 22.7 Å². The molecule has 1 fully saturated rings. The van der Waals surface area contributed by atoms with Crippen LogP contribution in [0.4, 0.5) is 4.79 Å². The Hall–Kier alpha value is -3.17. The van der Waals surface area contributed by atoms with Crippen LogP contribution < -0.4 is 4.72 Å². The Morgan fingerprint density at radius 2 is 1.82 bits per heavy atom. The van der Waals surface area contributed by atoms with Crippen LogP contribution in [0.5, 0.6) is 0 Å². The molecule has 1 aromatic heterocycles. The van der Waals surface area contributed by atoms with E-state index in [4.69, 9.17) is 16.3 Å². The van der Waals surface area contributed by atoms with Gasteiger partial charge < -0.3 is 9.30 Å². The maximum atomic E-state index is 12.6. The molecular formula is C29H34ClN3O5S. The first-order valence-corrected chi connectivity index (χ1v) is 15.2. The standard InChI is InChI=1S/C29H34ClN3O5S/c1-3-4-9-27-31-28(30)25(19-34)33(27)18-21-12-14-22(15-13-21)24-7-5-6-8-26(24)38-29(35)32-39(36,37)23-16-10-20(2)11-17-23/h10-17,19,24,26H,3-9,18H2,1-2H3,(H,32,35)/t24-,26+/m0/s1. The Balaban J connectivity index is 1.45. The molecule has 1 amide bonds. The number of halogens is 1. The topological polar surface area (TPSA) is 107 Å². The number of rotatable bonds is 10. The van der Waals surface area contributed by atoms with Crippen molar-refractivity contribution in [1.82, 2.24) is 14.3 Å². The zero-order chi connectivity index (χ0) is 28.0. The second-order valence-electron chi connectivity index (χ2n) is 10.0. The van der Waals surface area contributed by atoms with Crippen molar-refractivity contribution in [3.05, 3.63) is 81.9 Å². The third kappa shape index (κ3) is 7.08. The lowest BCUT2D eigenvalue weighted by Crippen LogP contribution is -2.37. The highest BCUT2D eigenvalue weighted by atomic mass is 35.5. The monoisotopic (exact) mass is 571 g/mol. The highest BCUT2D eigenvalue weighted by molar-refractivity contribution is 7.90. The lowest BCUT2D eigenvalue weighted by molar-refractivity contribution is 0.0650. The number of unbranched alkanes of at least 4 members (excludes halogenated alkanes) is 1. The first-order chi connectivity index (χ1) is 18.7. The van der Waals surface area contributed by atoms with E-state index in [0.717, 1.165) is 67.3 Å². The van der Waals surface area contributed by atoms with Gasteiger partial charge in [-0.15, -0.1) is 0 Å². The minimum atomic E-state index is -4.02. The zero-order valence-electron chi connectivity index (χ0n) is 22.2. The van der Waals surface area contributed by atoms with Crippen LogP contribution in [0.2, 0.25) is 5.15 Å². The third-order valence-electron chi connectivity index (χ3n) is 7.17. The summed E-state index contributed by atoms with van der Waals surface area (Å²) in [5.41, 5.74) is 3.30. The second kappa shape index (κ2) is 12.8. The van der Waals surface area contributed by atoms with Gasteiger partial charge in [-0.1, -0.05) is 73.3 Å². The van der Waals surface area contributed by atoms with Crippen LogP contribution in [0.3, 0.4) is 0 Å². The fraction of sp³-hybridized carbons (Fsp3) is 0.414. The van der Waals surface area contributed by atoms with E-state index >= 15 is 0 Å². The average molecular weight is 572 g/mol. The largest absolute Gasteiger partial charge is 0.445 e. The van der Waals surface area contributed by atoms with E-state index in [9.17, 15) is 18.0 Å². The van der Waals surface area contributed by atoms with Crippen molar-refractivity contribution in [2.24, 2.45) is 0 Å². The van der Waals surface area contributed by atoms with Crippen molar-refractivity contribution in [2.75, 3.05) is 0 Å². The molecule has 4 rings (SSSR count). The van der Waals surface area contributed by atoms with Crippen LogP contribution in [-0.4, -0.2) is 36.5 Å². The predicted octanol–water partition coefficient (Wildman–Crippen LogP) is 6.19. The van der Waals surface area contributed by atoms with Gasteiger partial charge in [0.05, 0.1) is 4.90 Å². The van der Waals surface area contributed by atoms with Crippen molar-refractivity contribution in [3.63, 3.8) is 0 Å². The third-order valence-corrected chi connectivity index (χ3v) is 8.77. The summed E-state index contributed by atoms with van der Waals surface area (Å²) in [6, 6.07) is 14.3. The van der Waals surface area contributed by atoms with Crippen LogP contribution in [-0.2, 0) is 27.7 Å². The SMILES string of the molecule is CCCCc1nc(Cl)c(C=O)n1Cc1ccc([C@@H]2CCCC[C@H]2OC(=O)NS(=O)(=O)c2ccc(C)cc2)cc1. The van der Waals surface area contributed by atoms with Gasteiger partial charge in [0.25, 0.3) is 10.0 Å². The number of ether oxygens (including phenoxy) is 1. The molecule has 8 nitrogen and oxygen atoms in total. The van der Waals surface area contributed by atoms with Crippen molar-refractivity contribution in [2.45, 2.75) is 82.3 Å². The summed E-state index contributed by atoms with van der Waals surface area (Å²) in [4.78, 5) is 28.7. The smallest absolute Gasteiger partial charge is 0.421 e. The molecule has 39 heavy (non-hydrogen) atoms. The van der Waals surface area contributed by atoms with Crippen molar-refractivity contribution in [1.29, 1.82) is 0 Å². The van der Waals surface area contributed by atoms with Gasteiger partial charge in [0.15, 0.2) is 11.4 Å². The molecule has 10 heteroatoms. The molecule has 0 unspecified atom stereocenters. The van der Waals surface area contributed by atoms with Gasteiger partial charge in [0.1, 0.15) is 17.6 Å². The number of sulfonamides is 1. The average Bonchev–Trinajstić information content (AvgIpc) is 3.21. The number of imidazole rings is 1. The molecule has 0 spiro atoms. The van der Waals surface area contributed by atoms with E-state index in [1.165, 1.54) is 12.1 Å². The first-order valence-electron chi connectivity index (χ1n) is 13.3. The molecule has 1 heterocycles. The fourth-order valence-electron chi connectivity index (χ4n) is 5.02. The number of amides is 1. The second-order valence-corrected chi connectivity index (χ2v) is 12.0. The Kier molecular flexibility index (Phi) is 9.45. The number of aryl methyl sites for hydroxylation is 2. The number of carbonyl (C=O) groups is 2. The van der Waals surface area contributed by atoms with Crippen molar-refractivity contribution >= 4 is 34.0 Å². The number of carbonyl (C=O) groups excluding carboxylic acids is 2. The molecule has 1 aliphatic rings. The summed E-state index contributed by atoms with van der Waals surface area (Å²) < 4.78 is 34.8. The van der Waals surface area contributed by atoms with Crippen LogP contribution in [0.15, 0.2) is 53.4 Å².